The summed E-state index contributed by atoms with van der Waals surface area (Å²) in [6.45, 7) is 5.15. The van der Waals surface area contributed by atoms with Crippen molar-refractivity contribution < 1.29 is 4.79 Å². The second-order valence-electron chi connectivity index (χ2n) is 4.30. The van der Waals surface area contributed by atoms with Crippen LogP contribution in [0.25, 0.3) is 0 Å². The highest BCUT2D eigenvalue weighted by Gasteiger charge is 2.30. The van der Waals surface area contributed by atoms with Crippen LogP contribution in [-0.2, 0) is 4.79 Å². The van der Waals surface area contributed by atoms with Gasteiger partial charge in [0.2, 0.25) is 5.91 Å². The van der Waals surface area contributed by atoms with E-state index >= 15 is 0 Å². The molecule has 2 heterocycles. The van der Waals surface area contributed by atoms with Crippen LogP contribution in [0.4, 0.5) is 0 Å². The van der Waals surface area contributed by atoms with Gasteiger partial charge in [0.1, 0.15) is 0 Å². The van der Waals surface area contributed by atoms with Crippen LogP contribution in [0.3, 0.4) is 0 Å². The van der Waals surface area contributed by atoms with Crippen LogP contribution >= 0.6 is 0 Å². The monoisotopic (exact) mass is 197 g/mol. The molecule has 0 saturated carbocycles. The van der Waals surface area contributed by atoms with Crippen LogP contribution in [0.2, 0.25) is 0 Å². The quantitative estimate of drug-likeness (QED) is 0.675. The van der Waals surface area contributed by atoms with Gasteiger partial charge >= 0.3 is 0 Å². The molecule has 2 unspecified atom stereocenters. The standard InChI is InChI=1S/C10H19N3O/c1-2-9-5-10(14)13(12-9)7-8-3-4-11-6-8/h8-9,11-12H,2-7H2,1H3. The number of carbonyl (C=O) groups is 1. The van der Waals surface area contributed by atoms with E-state index in [2.05, 4.69) is 17.7 Å². The molecule has 0 radical (unpaired) electrons. The van der Waals surface area contributed by atoms with Gasteiger partial charge in [-0.15, -0.1) is 0 Å². The van der Waals surface area contributed by atoms with E-state index in [9.17, 15) is 4.79 Å². The van der Waals surface area contributed by atoms with Crippen molar-refractivity contribution in [3.8, 4) is 0 Å². The van der Waals surface area contributed by atoms with Gasteiger partial charge in [-0.2, -0.15) is 0 Å². The number of hydrazine groups is 1. The number of amides is 1. The highest BCUT2D eigenvalue weighted by Crippen LogP contribution is 2.15. The summed E-state index contributed by atoms with van der Waals surface area (Å²) in [7, 11) is 0. The molecule has 2 saturated heterocycles. The first-order valence-electron chi connectivity index (χ1n) is 5.57. The van der Waals surface area contributed by atoms with Gasteiger partial charge in [-0.1, -0.05) is 6.92 Å². The lowest BCUT2D eigenvalue weighted by molar-refractivity contribution is -0.130. The van der Waals surface area contributed by atoms with Gasteiger partial charge in [-0.05, 0) is 31.8 Å². The third-order valence-corrected chi connectivity index (χ3v) is 3.16. The molecule has 0 aliphatic carbocycles. The number of nitrogens with zero attached hydrogens (tertiary/aromatic N) is 1. The number of carbonyl (C=O) groups excluding carboxylic acids is 1. The Morgan fingerprint density at radius 2 is 2.43 bits per heavy atom. The molecule has 0 bridgehead atoms. The predicted octanol–water partition coefficient (Wildman–Crippen LogP) is 0.111. The van der Waals surface area contributed by atoms with E-state index in [-0.39, 0.29) is 5.91 Å². The maximum atomic E-state index is 11.6. The van der Waals surface area contributed by atoms with Crippen molar-refractivity contribution in [2.45, 2.75) is 32.2 Å². The van der Waals surface area contributed by atoms with Crippen molar-refractivity contribution in [1.29, 1.82) is 0 Å². The van der Waals surface area contributed by atoms with E-state index in [4.69, 9.17) is 0 Å². The SMILES string of the molecule is CCC1CC(=O)N(CC2CCNC2)N1. The number of hydrogen-bond donors (Lipinski definition) is 2. The van der Waals surface area contributed by atoms with Gasteiger partial charge < -0.3 is 5.32 Å². The molecule has 14 heavy (non-hydrogen) atoms. The third kappa shape index (κ3) is 2.07. The second kappa shape index (κ2) is 4.28. The maximum Gasteiger partial charge on any atom is 0.238 e. The van der Waals surface area contributed by atoms with E-state index < -0.39 is 0 Å². The third-order valence-electron chi connectivity index (χ3n) is 3.16. The molecular weight excluding hydrogens is 178 g/mol. The van der Waals surface area contributed by atoms with Crippen molar-refractivity contribution in [1.82, 2.24) is 15.8 Å². The molecule has 2 N–H and O–H groups in total. The molecule has 2 fully saturated rings. The summed E-state index contributed by atoms with van der Waals surface area (Å²) >= 11 is 0. The summed E-state index contributed by atoms with van der Waals surface area (Å²) < 4.78 is 0. The molecule has 4 heteroatoms. The number of hydrogen-bond acceptors (Lipinski definition) is 3. The fourth-order valence-corrected chi connectivity index (χ4v) is 2.18. The molecule has 2 aliphatic rings. The minimum Gasteiger partial charge on any atom is -0.316 e. The highest BCUT2D eigenvalue weighted by molar-refractivity contribution is 5.78. The lowest BCUT2D eigenvalue weighted by atomic mass is 10.1. The van der Waals surface area contributed by atoms with Gasteiger partial charge in [-0.25, -0.2) is 5.43 Å². The Bertz CT molecular complexity index is 213. The van der Waals surface area contributed by atoms with Crippen molar-refractivity contribution in [2.24, 2.45) is 5.92 Å². The summed E-state index contributed by atoms with van der Waals surface area (Å²) in [6, 6.07) is 0.372. The molecule has 80 valence electrons. The molecule has 2 rings (SSSR count). The minimum absolute atomic E-state index is 0.267. The summed E-state index contributed by atoms with van der Waals surface area (Å²) in [4.78, 5) is 11.6. The predicted molar refractivity (Wildman–Crippen MR) is 54.5 cm³/mol. The molecule has 2 atom stereocenters. The van der Waals surface area contributed by atoms with Crippen LogP contribution in [0.5, 0.6) is 0 Å². The first-order chi connectivity index (χ1) is 6.79. The average Bonchev–Trinajstić information content (AvgIpc) is 2.78. The Labute approximate surface area is 85.0 Å². The smallest absolute Gasteiger partial charge is 0.238 e. The molecule has 0 aromatic rings. The fraction of sp³-hybridized carbons (Fsp3) is 0.900. The maximum absolute atomic E-state index is 11.6. The zero-order valence-electron chi connectivity index (χ0n) is 8.75. The summed E-state index contributed by atoms with van der Waals surface area (Å²) in [6.07, 6.45) is 2.91. The lowest BCUT2D eigenvalue weighted by Gasteiger charge is -2.20. The fourth-order valence-electron chi connectivity index (χ4n) is 2.18. The van der Waals surface area contributed by atoms with Gasteiger partial charge in [0.15, 0.2) is 0 Å². The van der Waals surface area contributed by atoms with Gasteiger partial charge in [0.25, 0.3) is 0 Å². The van der Waals surface area contributed by atoms with Gasteiger partial charge in [0.05, 0.1) is 0 Å². The highest BCUT2D eigenvalue weighted by atomic mass is 16.2. The van der Waals surface area contributed by atoms with Crippen molar-refractivity contribution in [3.63, 3.8) is 0 Å². The summed E-state index contributed by atoms with van der Waals surface area (Å²) in [5.41, 5.74) is 3.27. The van der Waals surface area contributed by atoms with Gasteiger partial charge in [0, 0.05) is 19.0 Å². The number of rotatable bonds is 3. The molecule has 0 aromatic heterocycles. The first-order valence-corrected chi connectivity index (χ1v) is 5.57. The van der Waals surface area contributed by atoms with Crippen molar-refractivity contribution >= 4 is 5.91 Å². The Balaban J connectivity index is 1.82. The minimum atomic E-state index is 0.267. The molecule has 0 spiro atoms. The topological polar surface area (TPSA) is 44.4 Å². The van der Waals surface area contributed by atoms with E-state index in [1.54, 1.807) is 0 Å². The summed E-state index contributed by atoms with van der Waals surface area (Å²) in [5, 5.41) is 5.15. The Kier molecular flexibility index (Phi) is 3.03. The summed E-state index contributed by atoms with van der Waals surface area (Å²) in [5.74, 6) is 0.908. The van der Waals surface area contributed by atoms with Crippen molar-refractivity contribution in [2.75, 3.05) is 19.6 Å². The van der Waals surface area contributed by atoms with Crippen molar-refractivity contribution in [3.05, 3.63) is 0 Å². The largest absolute Gasteiger partial charge is 0.316 e. The zero-order chi connectivity index (χ0) is 9.97. The first kappa shape index (κ1) is 9.93. The van der Waals surface area contributed by atoms with E-state index in [0.29, 0.717) is 18.4 Å². The second-order valence-corrected chi connectivity index (χ2v) is 4.30. The molecule has 2 aliphatic heterocycles. The average molecular weight is 197 g/mol. The van der Waals surface area contributed by atoms with Crippen LogP contribution in [0.15, 0.2) is 0 Å². The molecule has 0 aromatic carbocycles. The van der Waals surface area contributed by atoms with E-state index in [1.165, 1.54) is 6.42 Å². The Morgan fingerprint density at radius 1 is 1.57 bits per heavy atom. The zero-order valence-corrected chi connectivity index (χ0v) is 8.75. The van der Waals surface area contributed by atoms with Crippen LogP contribution in [0.1, 0.15) is 26.2 Å². The van der Waals surface area contributed by atoms with E-state index in [0.717, 1.165) is 26.1 Å². The van der Waals surface area contributed by atoms with Crippen LogP contribution in [-0.4, -0.2) is 36.6 Å². The van der Waals surface area contributed by atoms with Gasteiger partial charge in [-0.3, -0.25) is 9.80 Å². The van der Waals surface area contributed by atoms with E-state index in [1.807, 2.05) is 5.01 Å². The normalized spacial score (nSPS) is 32.9. The van der Waals surface area contributed by atoms with Crippen LogP contribution < -0.4 is 10.7 Å². The lowest BCUT2D eigenvalue weighted by Crippen LogP contribution is -2.41. The molecular formula is C10H19N3O. The Hall–Kier alpha value is -0.610. The Morgan fingerprint density at radius 3 is 3.00 bits per heavy atom. The molecule has 4 nitrogen and oxygen atoms in total. The number of nitrogens with one attached hydrogen (secondary N) is 2. The van der Waals surface area contributed by atoms with Crippen LogP contribution in [0, 0.1) is 5.92 Å². The molecule has 1 amide bonds.